The molecule has 2 N–H and O–H groups in total. The van der Waals surface area contributed by atoms with E-state index in [1.807, 2.05) is 50.2 Å². The Morgan fingerprint density at radius 2 is 1.63 bits per heavy atom. The van der Waals surface area contributed by atoms with E-state index in [1.165, 1.54) is 5.57 Å². The number of hydrogen-bond acceptors (Lipinski definition) is 3. The Balaban J connectivity index is 1.65. The molecule has 30 heavy (non-hydrogen) atoms. The first-order chi connectivity index (χ1) is 14.3. The lowest BCUT2D eigenvalue weighted by molar-refractivity contribution is -0.118. The summed E-state index contributed by atoms with van der Waals surface area (Å²) in [6, 6.07) is 16.5. The summed E-state index contributed by atoms with van der Waals surface area (Å²) in [5.41, 5.74) is 2.71. The van der Waals surface area contributed by atoms with Crippen LogP contribution < -0.4 is 10.6 Å². The van der Waals surface area contributed by atoms with Gasteiger partial charge in [0.25, 0.3) is 5.91 Å². The Bertz CT molecular complexity index is 1140. The van der Waals surface area contributed by atoms with Gasteiger partial charge in [-0.25, -0.2) is 0 Å². The molecule has 2 aromatic carbocycles. The van der Waals surface area contributed by atoms with Crippen molar-refractivity contribution in [3.05, 3.63) is 72.0 Å². The summed E-state index contributed by atoms with van der Waals surface area (Å²) in [4.78, 5) is 26.1. The van der Waals surface area contributed by atoms with Gasteiger partial charge in [0.05, 0.1) is 5.92 Å². The van der Waals surface area contributed by atoms with Crippen LogP contribution in [0.2, 0.25) is 0 Å². The van der Waals surface area contributed by atoms with Crippen molar-refractivity contribution in [2.24, 2.45) is 17.3 Å². The van der Waals surface area contributed by atoms with Crippen molar-refractivity contribution in [1.29, 1.82) is 0 Å². The molecule has 1 aliphatic rings. The Morgan fingerprint density at radius 3 is 2.33 bits per heavy atom. The van der Waals surface area contributed by atoms with Gasteiger partial charge in [0.2, 0.25) is 11.7 Å². The Morgan fingerprint density at radius 1 is 0.967 bits per heavy atom. The molecule has 2 amide bonds. The molecule has 5 heteroatoms. The minimum Gasteiger partial charge on any atom is -0.449 e. The van der Waals surface area contributed by atoms with E-state index in [1.54, 1.807) is 18.2 Å². The molecular weight excluding hydrogens is 376 g/mol. The van der Waals surface area contributed by atoms with Crippen LogP contribution in [0.15, 0.2) is 70.7 Å². The summed E-state index contributed by atoms with van der Waals surface area (Å²) in [5.74, 6) is -0.356. The van der Waals surface area contributed by atoms with Gasteiger partial charge in [-0.2, -0.15) is 0 Å². The molecule has 154 valence electrons. The smallest absolute Gasteiger partial charge is 0.293 e. The molecule has 0 radical (unpaired) electrons. The first-order valence-corrected chi connectivity index (χ1v) is 10.1. The molecule has 0 unspecified atom stereocenters. The molecule has 4 rings (SSSR count). The van der Waals surface area contributed by atoms with E-state index >= 15 is 0 Å². The molecule has 2 atom stereocenters. The lowest BCUT2D eigenvalue weighted by Gasteiger charge is -2.08. The molecular formula is C25H26N2O3. The normalized spacial score (nSPS) is 19.2. The standard InChI is InChI=1S/C25H26N2O3/c1-15(2)14-18-20(25(18,3)4)23(28)27-21-17-12-8-9-13-19(17)30-22(21)24(29)26-16-10-6-5-7-11-16/h5-14,18,20H,1-4H3,(H,26,29)(H,27,28)/t18-,20-/m0/s1. The van der Waals surface area contributed by atoms with Crippen molar-refractivity contribution in [1.82, 2.24) is 0 Å². The van der Waals surface area contributed by atoms with Gasteiger partial charge in [0.15, 0.2) is 0 Å². The first kappa shape index (κ1) is 20.0. The molecule has 1 aliphatic carbocycles. The quantitative estimate of drug-likeness (QED) is 0.525. The SMILES string of the molecule is CC(C)=C[C@H]1[C@@H](C(=O)Nc2c(C(=O)Nc3ccccc3)oc3ccccc23)C1(C)C. The molecule has 1 aromatic heterocycles. The monoisotopic (exact) mass is 402 g/mol. The summed E-state index contributed by atoms with van der Waals surface area (Å²) >= 11 is 0. The Kier molecular flexibility index (Phi) is 4.98. The van der Waals surface area contributed by atoms with Crippen LogP contribution >= 0.6 is 0 Å². The second-order valence-corrected chi connectivity index (χ2v) is 8.68. The summed E-state index contributed by atoms with van der Waals surface area (Å²) in [6.07, 6.45) is 2.15. The fourth-order valence-corrected chi connectivity index (χ4v) is 4.09. The highest BCUT2D eigenvalue weighted by Gasteiger charge is 2.60. The zero-order chi connectivity index (χ0) is 21.5. The zero-order valence-corrected chi connectivity index (χ0v) is 17.7. The van der Waals surface area contributed by atoms with Crippen molar-refractivity contribution >= 4 is 34.2 Å². The third-order valence-corrected chi connectivity index (χ3v) is 5.79. The van der Waals surface area contributed by atoms with Crippen LogP contribution in [0, 0.1) is 17.3 Å². The van der Waals surface area contributed by atoms with E-state index < -0.39 is 5.91 Å². The first-order valence-electron chi connectivity index (χ1n) is 10.1. The summed E-state index contributed by atoms with van der Waals surface area (Å²) in [5, 5.41) is 6.54. The van der Waals surface area contributed by atoms with Crippen LogP contribution in [0.5, 0.6) is 0 Å². The van der Waals surface area contributed by atoms with Gasteiger partial charge >= 0.3 is 0 Å². The second-order valence-electron chi connectivity index (χ2n) is 8.68. The molecule has 0 aliphatic heterocycles. The number of para-hydroxylation sites is 2. The van der Waals surface area contributed by atoms with Crippen LogP contribution in [0.4, 0.5) is 11.4 Å². The number of anilines is 2. The van der Waals surface area contributed by atoms with Crippen LogP contribution in [0.3, 0.4) is 0 Å². The average molecular weight is 402 g/mol. The van der Waals surface area contributed by atoms with E-state index in [0.29, 0.717) is 22.3 Å². The largest absolute Gasteiger partial charge is 0.449 e. The molecule has 0 bridgehead atoms. The zero-order valence-electron chi connectivity index (χ0n) is 17.7. The maximum atomic E-state index is 13.1. The van der Waals surface area contributed by atoms with E-state index in [-0.39, 0.29) is 28.9 Å². The van der Waals surface area contributed by atoms with Crippen LogP contribution in [-0.4, -0.2) is 11.8 Å². The summed E-state index contributed by atoms with van der Waals surface area (Å²) in [7, 11) is 0. The molecule has 0 spiro atoms. The minimum atomic E-state index is -0.399. The van der Waals surface area contributed by atoms with Gasteiger partial charge in [-0.1, -0.05) is 55.8 Å². The topological polar surface area (TPSA) is 71.3 Å². The number of hydrogen-bond donors (Lipinski definition) is 2. The van der Waals surface area contributed by atoms with Crippen molar-refractivity contribution in [3.63, 3.8) is 0 Å². The number of carbonyl (C=O) groups is 2. The van der Waals surface area contributed by atoms with Gasteiger partial charge in [0.1, 0.15) is 11.3 Å². The number of fused-ring (bicyclic) bond motifs is 1. The van der Waals surface area contributed by atoms with Crippen LogP contribution in [0.1, 0.15) is 38.2 Å². The Labute approximate surface area is 176 Å². The fraction of sp³-hybridized carbons (Fsp3) is 0.280. The summed E-state index contributed by atoms with van der Waals surface area (Å²) < 4.78 is 5.84. The Hall–Kier alpha value is -3.34. The lowest BCUT2D eigenvalue weighted by Crippen LogP contribution is -2.20. The number of rotatable bonds is 5. The number of furan rings is 1. The van der Waals surface area contributed by atoms with Crippen molar-refractivity contribution in [3.8, 4) is 0 Å². The number of allylic oxidation sites excluding steroid dienone is 2. The van der Waals surface area contributed by atoms with Gasteiger partial charge < -0.3 is 15.1 Å². The van der Waals surface area contributed by atoms with Crippen LogP contribution in [-0.2, 0) is 4.79 Å². The summed E-state index contributed by atoms with van der Waals surface area (Å²) in [6.45, 7) is 8.27. The van der Waals surface area contributed by atoms with Crippen molar-refractivity contribution < 1.29 is 14.0 Å². The highest BCUT2D eigenvalue weighted by Crippen LogP contribution is 2.59. The van der Waals surface area contributed by atoms with E-state index in [2.05, 4.69) is 30.6 Å². The van der Waals surface area contributed by atoms with Gasteiger partial charge in [0, 0.05) is 11.1 Å². The number of benzene rings is 2. The predicted molar refractivity (Wildman–Crippen MR) is 119 cm³/mol. The second kappa shape index (κ2) is 7.48. The van der Waals surface area contributed by atoms with Crippen molar-refractivity contribution in [2.75, 3.05) is 10.6 Å². The maximum absolute atomic E-state index is 13.1. The highest BCUT2D eigenvalue weighted by atomic mass is 16.3. The number of carbonyl (C=O) groups excluding carboxylic acids is 2. The van der Waals surface area contributed by atoms with E-state index in [9.17, 15) is 9.59 Å². The minimum absolute atomic E-state index is 0.0946. The number of nitrogens with one attached hydrogen (secondary N) is 2. The van der Waals surface area contributed by atoms with Gasteiger partial charge in [-0.3, -0.25) is 9.59 Å². The fourth-order valence-electron chi connectivity index (χ4n) is 4.09. The van der Waals surface area contributed by atoms with Gasteiger partial charge in [-0.15, -0.1) is 0 Å². The van der Waals surface area contributed by atoms with Crippen LogP contribution in [0.25, 0.3) is 11.0 Å². The predicted octanol–water partition coefficient (Wildman–Crippen LogP) is 5.86. The number of amides is 2. The van der Waals surface area contributed by atoms with Crippen molar-refractivity contribution in [2.45, 2.75) is 27.7 Å². The maximum Gasteiger partial charge on any atom is 0.293 e. The molecule has 5 nitrogen and oxygen atoms in total. The van der Waals surface area contributed by atoms with Gasteiger partial charge in [-0.05, 0) is 49.4 Å². The highest BCUT2D eigenvalue weighted by molar-refractivity contribution is 6.15. The molecule has 1 heterocycles. The average Bonchev–Trinajstić information content (AvgIpc) is 3.05. The molecule has 3 aromatic rings. The lowest BCUT2D eigenvalue weighted by atomic mass is 10.1. The van der Waals surface area contributed by atoms with E-state index in [4.69, 9.17) is 4.42 Å². The molecule has 1 fully saturated rings. The third-order valence-electron chi connectivity index (χ3n) is 5.79. The third kappa shape index (κ3) is 3.63. The van der Waals surface area contributed by atoms with E-state index in [0.717, 1.165) is 0 Å². The molecule has 1 saturated carbocycles. The molecule has 0 saturated heterocycles.